The number of piperidine rings is 1. The molecule has 0 radical (unpaired) electrons. The molecule has 3 rings (SSSR count). The number of rotatable bonds is 3. The Hall–Kier alpha value is -1.09. The van der Waals surface area contributed by atoms with Crippen LogP contribution in [-0.4, -0.2) is 35.6 Å². The third-order valence-electron chi connectivity index (χ3n) is 4.79. The summed E-state index contributed by atoms with van der Waals surface area (Å²) in [6.45, 7) is 8.22. The Kier molecular flexibility index (Phi) is 4.25. The maximum atomic E-state index is 4.74. The van der Waals surface area contributed by atoms with Gasteiger partial charge in [0.05, 0.1) is 0 Å². The smallest absolute Gasteiger partial charge is 0.133 e. The van der Waals surface area contributed by atoms with Crippen LogP contribution in [0.2, 0.25) is 0 Å². The molecule has 1 atom stereocenters. The van der Waals surface area contributed by atoms with Gasteiger partial charge in [-0.05, 0) is 58.6 Å². The van der Waals surface area contributed by atoms with E-state index in [1.165, 1.54) is 63.1 Å². The molecule has 0 aromatic carbocycles. The highest BCUT2D eigenvalue weighted by molar-refractivity contribution is 5.49. The van der Waals surface area contributed by atoms with Gasteiger partial charge in [0.25, 0.3) is 0 Å². The summed E-state index contributed by atoms with van der Waals surface area (Å²) in [6, 6.07) is 5.61. The molecule has 0 aliphatic carbocycles. The molecular weight excluding hydrogens is 246 g/mol. The van der Waals surface area contributed by atoms with Gasteiger partial charge in [0.1, 0.15) is 5.82 Å². The summed E-state index contributed by atoms with van der Waals surface area (Å²) in [6.07, 6.45) is 8.56. The van der Waals surface area contributed by atoms with Gasteiger partial charge in [-0.1, -0.05) is 6.07 Å². The van der Waals surface area contributed by atoms with E-state index in [0.717, 1.165) is 0 Å². The molecule has 3 nitrogen and oxygen atoms in total. The van der Waals surface area contributed by atoms with Gasteiger partial charge in [-0.25, -0.2) is 4.98 Å². The highest BCUT2D eigenvalue weighted by atomic mass is 15.2. The number of nitrogens with zero attached hydrogens (tertiary/aromatic N) is 3. The van der Waals surface area contributed by atoms with Crippen molar-refractivity contribution in [2.75, 3.05) is 24.5 Å². The highest BCUT2D eigenvalue weighted by Crippen LogP contribution is 2.37. The van der Waals surface area contributed by atoms with Crippen molar-refractivity contribution in [3.8, 4) is 0 Å². The molecule has 3 heterocycles. The number of likely N-dealkylation sites (tertiary alicyclic amines) is 1. The zero-order valence-electron chi connectivity index (χ0n) is 12.9. The normalized spacial score (nSPS) is 24.6. The molecule has 110 valence electrons. The Labute approximate surface area is 123 Å². The average Bonchev–Trinajstić information content (AvgIpc) is 2.98. The van der Waals surface area contributed by atoms with Crippen LogP contribution >= 0.6 is 0 Å². The van der Waals surface area contributed by atoms with Crippen LogP contribution in [0.5, 0.6) is 0 Å². The third-order valence-corrected chi connectivity index (χ3v) is 4.79. The van der Waals surface area contributed by atoms with E-state index in [-0.39, 0.29) is 0 Å². The zero-order valence-corrected chi connectivity index (χ0v) is 12.9. The Morgan fingerprint density at radius 2 is 1.90 bits per heavy atom. The quantitative estimate of drug-likeness (QED) is 0.838. The van der Waals surface area contributed by atoms with Crippen LogP contribution in [0.1, 0.15) is 57.6 Å². The van der Waals surface area contributed by atoms with Crippen molar-refractivity contribution in [3.05, 3.63) is 23.9 Å². The number of hydrogen-bond acceptors (Lipinski definition) is 3. The van der Waals surface area contributed by atoms with Gasteiger partial charge in [-0.2, -0.15) is 0 Å². The van der Waals surface area contributed by atoms with Gasteiger partial charge in [0.15, 0.2) is 0 Å². The fraction of sp³-hybridized carbons (Fsp3) is 0.706. The standard InChI is InChI=1S/C17H27N3/c1-14(2)20-13-7-9-16(20)15-8-6-10-18-17(15)19-11-4-3-5-12-19/h6,8,10,14,16H,3-5,7,9,11-13H2,1-2H3/t16-/m0/s1. The summed E-state index contributed by atoms with van der Waals surface area (Å²) < 4.78 is 0. The predicted octanol–water partition coefficient (Wildman–Crippen LogP) is 3.62. The fourth-order valence-corrected chi connectivity index (χ4v) is 3.78. The minimum atomic E-state index is 0.570. The zero-order chi connectivity index (χ0) is 13.9. The average molecular weight is 273 g/mol. The molecule has 0 N–H and O–H groups in total. The molecule has 2 aliphatic rings. The lowest BCUT2D eigenvalue weighted by Crippen LogP contribution is -2.34. The molecule has 0 amide bonds. The Bertz CT molecular complexity index is 438. The van der Waals surface area contributed by atoms with Crippen LogP contribution in [0.4, 0.5) is 5.82 Å². The molecule has 20 heavy (non-hydrogen) atoms. The van der Waals surface area contributed by atoms with E-state index in [4.69, 9.17) is 4.98 Å². The summed E-state index contributed by atoms with van der Waals surface area (Å²) >= 11 is 0. The molecule has 3 heteroatoms. The highest BCUT2D eigenvalue weighted by Gasteiger charge is 2.31. The molecule has 1 aromatic rings. The van der Waals surface area contributed by atoms with E-state index in [1.54, 1.807) is 0 Å². The minimum Gasteiger partial charge on any atom is -0.356 e. The van der Waals surface area contributed by atoms with E-state index in [2.05, 4.69) is 35.8 Å². The first-order valence-electron chi connectivity index (χ1n) is 8.23. The first-order chi connectivity index (χ1) is 9.77. The second-order valence-corrected chi connectivity index (χ2v) is 6.45. The molecule has 2 aliphatic heterocycles. The van der Waals surface area contributed by atoms with Gasteiger partial charge in [0, 0.05) is 36.9 Å². The lowest BCUT2D eigenvalue weighted by Gasteiger charge is -2.34. The minimum absolute atomic E-state index is 0.570. The molecule has 1 aromatic heterocycles. The molecule has 2 fully saturated rings. The topological polar surface area (TPSA) is 19.4 Å². The third kappa shape index (κ3) is 2.69. The summed E-state index contributed by atoms with van der Waals surface area (Å²) in [4.78, 5) is 9.89. The lowest BCUT2D eigenvalue weighted by molar-refractivity contribution is 0.205. The summed E-state index contributed by atoms with van der Waals surface area (Å²) in [5, 5.41) is 0. The maximum Gasteiger partial charge on any atom is 0.133 e. The monoisotopic (exact) mass is 273 g/mol. The number of pyridine rings is 1. The van der Waals surface area contributed by atoms with Gasteiger partial charge in [0.2, 0.25) is 0 Å². The van der Waals surface area contributed by atoms with E-state index in [9.17, 15) is 0 Å². The molecular formula is C17H27N3. The van der Waals surface area contributed by atoms with E-state index >= 15 is 0 Å². The SMILES string of the molecule is CC(C)N1CCC[C@H]1c1cccnc1N1CCCCC1. The van der Waals surface area contributed by atoms with Gasteiger partial charge in [-0.3, -0.25) is 4.90 Å². The Morgan fingerprint density at radius 3 is 2.65 bits per heavy atom. The summed E-state index contributed by atoms with van der Waals surface area (Å²) in [5.41, 5.74) is 1.46. The number of anilines is 1. The second kappa shape index (κ2) is 6.13. The number of hydrogen-bond donors (Lipinski definition) is 0. The van der Waals surface area contributed by atoms with Crippen molar-refractivity contribution in [3.63, 3.8) is 0 Å². The Balaban J connectivity index is 1.89. The summed E-state index contributed by atoms with van der Waals surface area (Å²) in [5.74, 6) is 1.25. The van der Waals surface area contributed by atoms with E-state index in [1.807, 2.05) is 6.20 Å². The van der Waals surface area contributed by atoms with Crippen LogP contribution in [0.25, 0.3) is 0 Å². The van der Waals surface area contributed by atoms with Crippen molar-refractivity contribution in [2.24, 2.45) is 0 Å². The molecule has 2 saturated heterocycles. The van der Waals surface area contributed by atoms with Gasteiger partial charge < -0.3 is 4.90 Å². The largest absolute Gasteiger partial charge is 0.356 e. The van der Waals surface area contributed by atoms with Gasteiger partial charge in [-0.15, -0.1) is 0 Å². The lowest BCUT2D eigenvalue weighted by atomic mass is 10.0. The molecule has 0 saturated carbocycles. The first kappa shape index (κ1) is 13.9. The molecule has 0 spiro atoms. The van der Waals surface area contributed by atoms with Crippen LogP contribution in [0, 0.1) is 0 Å². The predicted molar refractivity (Wildman–Crippen MR) is 84.1 cm³/mol. The van der Waals surface area contributed by atoms with Crippen molar-refractivity contribution in [1.29, 1.82) is 0 Å². The van der Waals surface area contributed by atoms with Crippen LogP contribution in [0.3, 0.4) is 0 Å². The Morgan fingerprint density at radius 1 is 1.10 bits per heavy atom. The molecule has 0 unspecified atom stereocenters. The van der Waals surface area contributed by atoms with E-state index < -0.39 is 0 Å². The van der Waals surface area contributed by atoms with Crippen LogP contribution in [-0.2, 0) is 0 Å². The van der Waals surface area contributed by atoms with Crippen molar-refractivity contribution in [1.82, 2.24) is 9.88 Å². The first-order valence-corrected chi connectivity index (χ1v) is 8.23. The summed E-state index contributed by atoms with van der Waals surface area (Å²) in [7, 11) is 0. The molecule has 0 bridgehead atoms. The van der Waals surface area contributed by atoms with Crippen molar-refractivity contribution >= 4 is 5.82 Å². The van der Waals surface area contributed by atoms with Crippen molar-refractivity contribution in [2.45, 2.75) is 58.0 Å². The van der Waals surface area contributed by atoms with Crippen molar-refractivity contribution < 1.29 is 0 Å². The van der Waals surface area contributed by atoms with Crippen LogP contribution in [0.15, 0.2) is 18.3 Å². The fourth-order valence-electron chi connectivity index (χ4n) is 3.78. The number of aromatic nitrogens is 1. The second-order valence-electron chi connectivity index (χ2n) is 6.45. The van der Waals surface area contributed by atoms with E-state index in [0.29, 0.717) is 12.1 Å². The van der Waals surface area contributed by atoms with Crippen LogP contribution < -0.4 is 4.90 Å². The maximum absolute atomic E-state index is 4.74. The van der Waals surface area contributed by atoms with Gasteiger partial charge >= 0.3 is 0 Å².